The van der Waals surface area contributed by atoms with Crippen molar-refractivity contribution in [1.29, 1.82) is 0 Å². The Morgan fingerprint density at radius 1 is 1.09 bits per heavy atom. The highest BCUT2D eigenvalue weighted by Crippen LogP contribution is 2.29. The molecular formula is C18H20N2O2. The number of ether oxygens (including phenoxy) is 1. The lowest BCUT2D eigenvalue weighted by atomic mass is 10.1. The summed E-state index contributed by atoms with van der Waals surface area (Å²) in [4.78, 5) is 4.64. The quantitative estimate of drug-likeness (QED) is 0.798. The maximum absolute atomic E-state index is 10.8. The van der Waals surface area contributed by atoms with E-state index in [9.17, 15) is 5.11 Å². The van der Waals surface area contributed by atoms with E-state index in [-0.39, 0.29) is 6.04 Å². The molecule has 4 nitrogen and oxygen atoms in total. The van der Waals surface area contributed by atoms with Gasteiger partial charge >= 0.3 is 0 Å². The third-order valence-corrected chi connectivity index (χ3v) is 3.79. The highest BCUT2D eigenvalue weighted by Gasteiger charge is 2.21. The summed E-state index contributed by atoms with van der Waals surface area (Å²) >= 11 is 0. The number of aromatic nitrogens is 2. The fourth-order valence-electron chi connectivity index (χ4n) is 2.76. The Balaban J connectivity index is 2.14. The first-order valence-corrected chi connectivity index (χ1v) is 7.40. The lowest BCUT2D eigenvalue weighted by molar-refractivity contribution is 0.203. The van der Waals surface area contributed by atoms with Gasteiger partial charge in [-0.3, -0.25) is 0 Å². The third kappa shape index (κ3) is 2.46. The smallest absolute Gasteiger partial charge is 0.143 e. The van der Waals surface area contributed by atoms with Crippen molar-refractivity contribution in [3.8, 4) is 5.75 Å². The molecule has 0 spiro atoms. The van der Waals surface area contributed by atoms with Crippen LogP contribution in [0.15, 0.2) is 48.5 Å². The molecule has 1 aromatic heterocycles. The number of aliphatic hydroxyl groups is 1. The fourth-order valence-corrected chi connectivity index (χ4v) is 2.76. The van der Waals surface area contributed by atoms with Gasteiger partial charge in [0.2, 0.25) is 0 Å². The average Bonchev–Trinajstić information content (AvgIpc) is 2.93. The molecule has 0 aliphatic carbocycles. The van der Waals surface area contributed by atoms with Gasteiger partial charge in [-0.25, -0.2) is 4.98 Å². The van der Waals surface area contributed by atoms with E-state index in [4.69, 9.17) is 4.74 Å². The van der Waals surface area contributed by atoms with E-state index in [0.29, 0.717) is 5.82 Å². The molecule has 0 saturated heterocycles. The second kappa shape index (κ2) is 5.81. The summed E-state index contributed by atoms with van der Waals surface area (Å²) in [7, 11) is 1.62. The van der Waals surface area contributed by atoms with Gasteiger partial charge < -0.3 is 14.4 Å². The Bertz CT molecular complexity index is 793. The lowest BCUT2D eigenvalue weighted by Crippen LogP contribution is -2.12. The second-order valence-electron chi connectivity index (χ2n) is 5.60. The zero-order chi connectivity index (χ0) is 15.7. The molecule has 0 aliphatic heterocycles. The highest BCUT2D eigenvalue weighted by atomic mass is 16.5. The molecule has 3 rings (SSSR count). The van der Waals surface area contributed by atoms with Gasteiger partial charge in [0.05, 0.1) is 18.1 Å². The molecule has 2 aromatic carbocycles. The number of fused-ring (bicyclic) bond motifs is 1. The molecule has 0 saturated carbocycles. The van der Waals surface area contributed by atoms with Gasteiger partial charge in [-0.2, -0.15) is 0 Å². The van der Waals surface area contributed by atoms with Gasteiger partial charge in [0.25, 0.3) is 0 Å². The summed E-state index contributed by atoms with van der Waals surface area (Å²) in [6.45, 7) is 4.19. The maximum Gasteiger partial charge on any atom is 0.143 e. The summed E-state index contributed by atoms with van der Waals surface area (Å²) in [6.07, 6.45) is -0.787. The van der Waals surface area contributed by atoms with Crippen molar-refractivity contribution in [2.45, 2.75) is 26.0 Å². The molecule has 4 heteroatoms. The van der Waals surface area contributed by atoms with E-state index in [2.05, 4.69) is 23.4 Å². The summed E-state index contributed by atoms with van der Waals surface area (Å²) in [5.41, 5.74) is 2.71. The standard InChI is InChI=1S/C18H20N2O2/c1-12(2)20-16-10-5-4-9-15(16)19-18(20)17(21)13-7-6-8-14(11-13)22-3/h4-12,17,21H,1-3H3/t17-/m0/s1. The van der Waals surface area contributed by atoms with Crippen molar-refractivity contribution in [1.82, 2.24) is 9.55 Å². The molecule has 3 aromatic rings. The maximum atomic E-state index is 10.8. The highest BCUT2D eigenvalue weighted by molar-refractivity contribution is 5.76. The molecule has 0 aliphatic rings. The number of rotatable bonds is 4. The summed E-state index contributed by atoms with van der Waals surface area (Å²) in [5.74, 6) is 1.38. The number of methoxy groups -OCH3 is 1. The van der Waals surface area contributed by atoms with Crippen LogP contribution in [0.2, 0.25) is 0 Å². The largest absolute Gasteiger partial charge is 0.497 e. The van der Waals surface area contributed by atoms with Gasteiger partial charge in [0.15, 0.2) is 0 Å². The molecule has 114 valence electrons. The number of benzene rings is 2. The zero-order valence-corrected chi connectivity index (χ0v) is 13.0. The van der Waals surface area contributed by atoms with Crippen molar-refractivity contribution in [2.75, 3.05) is 7.11 Å². The first-order valence-electron chi connectivity index (χ1n) is 7.40. The molecule has 1 N–H and O–H groups in total. The van der Waals surface area contributed by atoms with Gasteiger partial charge in [0.1, 0.15) is 17.7 Å². The molecule has 0 fully saturated rings. The number of imidazole rings is 1. The first-order chi connectivity index (χ1) is 10.6. The second-order valence-corrected chi connectivity index (χ2v) is 5.60. The molecule has 0 unspecified atom stereocenters. The summed E-state index contributed by atoms with van der Waals surface area (Å²) in [6, 6.07) is 15.6. The van der Waals surface area contributed by atoms with Crippen LogP contribution in [-0.2, 0) is 0 Å². The van der Waals surface area contributed by atoms with Crippen LogP contribution < -0.4 is 4.74 Å². The van der Waals surface area contributed by atoms with E-state index in [1.54, 1.807) is 7.11 Å². The van der Waals surface area contributed by atoms with Crippen molar-refractivity contribution in [2.24, 2.45) is 0 Å². The van der Waals surface area contributed by atoms with Crippen LogP contribution in [0.1, 0.15) is 37.4 Å². The van der Waals surface area contributed by atoms with Crippen molar-refractivity contribution in [3.63, 3.8) is 0 Å². The van der Waals surface area contributed by atoms with Crippen molar-refractivity contribution in [3.05, 3.63) is 59.9 Å². The number of para-hydroxylation sites is 2. The van der Waals surface area contributed by atoms with E-state index in [0.717, 1.165) is 22.3 Å². The summed E-state index contributed by atoms with van der Waals surface area (Å²) in [5, 5.41) is 10.8. The van der Waals surface area contributed by atoms with Crippen molar-refractivity contribution < 1.29 is 9.84 Å². The Morgan fingerprint density at radius 3 is 2.59 bits per heavy atom. The Hall–Kier alpha value is -2.33. The Kier molecular flexibility index (Phi) is 3.86. The molecule has 1 heterocycles. The number of hydrogen-bond donors (Lipinski definition) is 1. The minimum atomic E-state index is -0.787. The van der Waals surface area contributed by atoms with Crippen LogP contribution in [0, 0.1) is 0 Å². The van der Waals surface area contributed by atoms with Gasteiger partial charge in [0, 0.05) is 6.04 Å². The van der Waals surface area contributed by atoms with Crippen LogP contribution in [-0.4, -0.2) is 21.8 Å². The van der Waals surface area contributed by atoms with Gasteiger partial charge in [-0.15, -0.1) is 0 Å². The molecule has 0 bridgehead atoms. The molecule has 1 atom stereocenters. The average molecular weight is 296 g/mol. The topological polar surface area (TPSA) is 47.3 Å². The predicted molar refractivity (Wildman–Crippen MR) is 87.2 cm³/mol. The van der Waals surface area contributed by atoms with E-state index >= 15 is 0 Å². The zero-order valence-electron chi connectivity index (χ0n) is 13.0. The number of hydrogen-bond acceptors (Lipinski definition) is 3. The van der Waals surface area contributed by atoms with E-state index in [1.165, 1.54) is 0 Å². The SMILES string of the molecule is COc1cccc([C@H](O)c2nc3ccccc3n2C(C)C)c1. The van der Waals surface area contributed by atoms with E-state index in [1.807, 2.05) is 48.5 Å². The fraction of sp³-hybridized carbons (Fsp3) is 0.278. The normalized spacial score (nSPS) is 12.8. The molecule has 22 heavy (non-hydrogen) atoms. The van der Waals surface area contributed by atoms with Crippen LogP contribution in [0.5, 0.6) is 5.75 Å². The Morgan fingerprint density at radius 2 is 1.86 bits per heavy atom. The monoisotopic (exact) mass is 296 g/mol. The first kappa shape index (κ1) is 14.6. The number of aliphatic hydroxyl groups excluding tert-OH is 1. The minimum absolute atomic E-state index is 0.211. The van der Waals surface area contributed by atoms with Gasteiger partial charge in [-0.05, 0) is 43.7 Å². The van der Waals surface area contributed by atoms with Crippen LogP contribution in [0.3, 0.4) is 0 Å². The molecule has 0 radical (unpaired) electrons. The van der Waals surface area contributed by atoms with E-state index < -0.39 is 6.10 Å². The molecule has 0 amide bonds. The minimum Gasteiger partial charge on any atom is -0.497 e. The number of nitrogens with zero attached hydrogens (tertiary/aromatic N) is 2. The lowest BCUT2D eigenvalue weighted by Gasteiger charge is -2.17. The van der Waals surface area contributed by atoms with Crippen molar-refractivity contribution >= 4 is 11.0 Å². The van der Waals surface area contributed by atoms with Gasteiger partial charge in [-0.1, -0.05) is 24.3 Å². The Labute approximate surface area is 130 Å². The summed E-state index contributed by atoms with van der Waals surface area (Å²) < 4.78 is 7.32. The molecular weight excluding hydrogens is 276 g/mol. The van der Waals surface area contributed by atoms with Crippen LogP contribution in [0.4, 0.5) is 0 Å². The predicted octanol–water partition coefficient (Wildman–Crippen LogP) is 3.71. The van der Waals surface area contributed by atoms with Crippen LogP contribution in [0.25, 0.3) is 11.0 Å². The van der Waals surface area contributed by atoms with Crippen LogP contribution >= 0.6 is 0 Å². The third-order valence-electron chi connectivity index (χ3n) is 3.79.